The predicted octanol–water partition coefficient (Wildman–Crippen LogP) is 3.94. The lowest BCUT2D eigenvalue weighted by Crippen LogP contribution is -2.42. The molecule has 1 aliphatic heterocycles. The summed E-state index contributed by atoms with van der Waals surface area (Å²) in [6.07, 6.45) is 8.64. The van der Waals surface area contributed by atoms with E-state index in [1.165, 1.54) is 24.7 Å². The van der Waals surface area contributed by atoms with Crippen LogP contribution in [-0.2, 0) is 11.2 Å². The Morgan fingerprint density at radius 3 is 2.90 bits per heavy atom. The van der Waals surface area contributed by atoms with Gasteiger partial charge in [0.1, 0.15) is 0 Å². The van der Waals surface area contributed by atoms with Crippen molar-refractivity contribution in [2.45, 2.75) is 50.6 Å². The maximum atomic E-state index is 12.2. The molecular formula is C18H23NO2. The van der Waals surface area contributed by atoms with Crippen molar-refractivity contribution < 1.29 is 9.53 Å². The van der Waals surface area contributed by atoms with Crippen LogP contribution in [-0.4, -0.2) is 30.2 Å². The van der Waals surface area contributed by atoms with Crippen LogP contribution in [0.2, 0.25) is 0 Å². The number of hydrogen-bond donors (Lipinski definition) is 0. The molecule has 0 aromatic heterocycles. The molecule has 0 bridgehead atoms. The van der Waals surface area contributed by atoms with Crippen LogP contribution in [0.25, 0.3) is 0 Å². The fraction of sp³-hybridized carbons (Fsp3) is 0.500. The molecule has 0 radical (unpaired) electrons. The second-order valence-electron chi connectivity index (χ2n) is 5.99. The van der Waals surface area contributed by atoms with Gasteiger partial charge in [-0.1, -0.05) is 36.4 Å². The molecule has 112 valence electrons. The van der Waals surface area contributed by atoms with Gasteiger partial charge in [-0.05, 0) is 49.7 Å². The summed E-state index contributed by atoms with van der Waals surface area (Å²) in [6.45, 7) is 0. The van der Waals surface area contributed by atoms with Crippen molar-refractivity contribution in [2.75, 3.05) is 7.11 Å². The Labute approximate surface area is 126 Å². The van der Waals surface area contributed by atoms with E-state index >= 15 is 0 Å². The molecule has 3 heteroatoms. The van der Waals surface area contributed by atoms with E-state index in [1.54, 1.807) is 0 Å². The number of likely N-dealkylation sites (tertiary alicyclic amines) is 1. The summed E-state index contributed by atoms with van der Waals surface area (Å²) in [5.41, 5.74) is 2.79. The minimum absolute atomic E-state index is 0.164. The van der Waals surface area contributed by atoms with Gasteiger partial charge in [0.2, 0.25) is 0 Å². The van der Waals surface area contributed by atoms with E-state index in [0.717, 1.165) is 32.1 Å². The number of methoxy groups -OCH3 is 1. The highest BCUT2D eigenvalue weighted by atomic mass is 16.5. The first-order valence-electron chi connectivity index (χ1n) is 7.88. The SMILES string of the molecule is COC(=O)N1[C@@H](CCc2ccccc2)CC2=CCCC[C@@H]21. The van der Waals surface area contributed by atoms with Gasteiger partial charge in [0.15, 0.2) is 0 Å². The maximum absolute atomic E-state index is 12.2. The minimum atomic E-state index is -0.164. The van der Waals surface area contributed by atoms with Crippen LogP contribution >= 0.6 is 0 Å². The number of carbonyl (C=O) groups excluding carboxylic acids is 1. The van der Waals surface area contributed by atoms with E-state index in [4.69, 9.17) is 4.74 Å². The van der Waals surface area contributed by atoms with Crippen molar-refractivity contribution >= 4 is 6.09 Å². The molecule has 21 heavy (non-hydrogen) atoms. The Morgan fingerprint density at radius 1 is 1.33 bits per heavy atom. The summed E-state index contributed by atoms with van der Waals surface area (Å²) in [4.78, 5) is 14.2. The number of aryl methyl sites for hydroxylation is 1. The molecule has 1 aliphatic carbocycles. The third-order valence-electron chi connectivity index (χ3n) is 4.71. The minimum Gasteiger partial charge on any atom is -0.453 e. The molecule has 0 saturated carbocycles. The van der Waals surface area contributed by atoms with Gasteiger partial charge < -0.3 is 4.74 Å². The average molecular weight is 285 g/mol. The molecule has 0 N–H and O–H groups in total. The van der Waals surface area contributed by atoms with Crippen LogP contribution in [0.4, 0.5) is 4.79 Å². The molecule has 0 spiro atoms. The number of amides is 1. The predicted molar refractivity (Wildman–Crippen MR) is 83.1 cm³/mol. The summed E-state index contributed by atoms with van der Waals surface area (Å²) in [7, 11) is 1.49. The topological polar surface area (TPSA) is 29.5 Å². The standard InChI is InChI=1S/C18H23NO2/c1-21-18(20)19-16(12-11-14-7-3-2-4-8-14)13-15-9-5-6-10-17(15)19/h2-4,7-9,16-17H,5-6,10-13H2,1H3/t16-,17-/m0/s1. The summed E-state index contributed by atoms with van der Waals surface area (Å²) in [6, 6.07) is 11.1. The summed E-state index contributed by atoms with van der Waals surface area (Å²) in [5.74, 6) is 0. The number of hydrogen-bond acceptors (Lipinski definition) is 2. The highest BCUT2D eigenvalue weighted by molar-refractivity contribution is 5.70. The number of rotatable bonds is 3. The third-order valence-corrected chi connectivity index (χ3v) is 4.71. The molecule has 1 fully saturated rings. The molecule has 2 atom stereocenters. The molecular weight excluding hydrogens is 262 g/mol. The largest absolute Gasteiger partial charge is 0.453 e. The van der Waals surface area contributed by atoms with Crippen molar-refractivity contribution in [3.05, 3.63) is 47.5 Å². The van der Waals surface area contributed by atoms with Gasteiger partial charge >= 0.3 is 6.09 Å². The van der Waals surface area contributed by atoms with Crippen molar-refractivity contribution in [1.82, 2.24) is 4.90 Å². The first-order valence-corrected chi connectivity index (χ1v) is 7.88. The quantitative estimate of drug-likeness (QED) is 0.787. The van der Waals surface area contributed by atoms with Gasteiger partial charge in [-0.2, -0.15) is 0 Å². The van der Waals surface area contributed by atoms with Crippen LogP contribution in [0.15, 0.2) is 42.0 Å². The summed E-state index contributed by atoms with van der Waals surface area (Å²) < 4.78 is 5.03. The van der Waals surface area contributed by atoms with Crippen molar-refractivity contribution in [1.29, 1.82) is 0 Å². The van der Waals surface area contributed by atoms with E-state index in [1.807, 2.05) is 11.0 Å². The van der Waals surface area contributed by atoms with Crippen molar-refractivity contribution in [3.63, 3.8) is 0 Å². The molecule has 3 rings (SSSR count). The van der Waals surface area contributed by atoms with Crippen LogP contribution < -0.4 is 0 Å². The molecule has 3 nitrogen and oxygen atoms in total. The van der Waals surface area contributed by atoms with Gasteiger partial charge in [0.05, 0.1) is 13.2 Å². The Bertz CT molecular complexity index is 523. The lowest BCUT2D eigenvalue weighted by atomic mass is 9.94. The zero-order chi connectivity index (χ0) is 14.7. The number of benzene rings is 1. The van der Waals surface area contributed by atoms with Crippen LogP contribution in [0, 0.1) is 0 Å². The molecule has 1 aromatic carbocycles. The van der Waals surface area contributed by atoms with E-state index in [-0.39, 0.29) is 18.2 Å². The van der Waals surface area contributed by atoms with Crippen LogP contribution in [0.5, 0.6) is 0 Å². The van der Waals surface area contributed by atoms with Gasteiger partial charge in [0.25, 0.3) is 0 Å². The number of allylic oxidation sites excluding steroid dienone is 1. The first-order chi connectivity index (χ1) is 10.3. The first kappa shape index (κ1) is 14.2. The van der Waals surface area contributed by atoms with E-state index in [2.05, 4.69) is 30.3 Å². The zero-order valence-electron chi connectivity index (χ0n) is 12.6. The van der Waals surface area contributed by atoms with Crippen molar-refractivity contribution in [2.24, 2.45) is 0 Å². The maximum Gasteiger partial charge on any atom is 0.410 e. The smallest absolute Gasteiger partial charge is 0.410 e. The van der Waals surface area contributed by atoms with E-state index in [9.17, 15) is 4.79 Å². The molecule has 1 saturated heterocycles. The molecule has 1 amide bonds. The average Bonchev–Trinajstić information content (AvgIpc) is 2.91. The normalized spacial score (nSPS) is 24.4. The lowest BCUT2D eigenvalue weighted by Gasteiger charge is -2.30. The Hall–Kier alpha value is -1.77. The summed E-state index contributed by atoms with van der Waals surface area (Å²) >= 11 is 0. The highest BCUT2D eigenvalue weighted by Gasteiger charge is 2.40. The fourth-order valence-electron chi connectivity index (χ4n) is 3.68. The Balaban J connectivity index is 1.72. The van der Waals surface area contributed by atoms with Crippen molar-refractivity contribution in [3.8, 4) is 0 Å². The van der Waals surface area contributed by atoms with Crippen LogP contribution in [0.1, 0.15) is 37.7 Å². The summed E-state index contributed by atoms with van der Waals surface area (Å²) in [5, 5.41) is 0. The van der Waals surface area contributed by atoms with Gasteiger partial charge in [0, 0.05) is 6.04 Å². The second-order valence-corrected chi connectivity index (χ2v) is 5.99. The van der Waals surface area contributed by atoms with Crippen LogP contribution in [0.3, 0.4) is 0 Å². The fourth-order valence-corrected chi connectivity index (χ4v) is 3.68. The number of ether oxygens (including phenoxy) is 1. The number of nitrogens with zero attached hydrogens (tertiary/aromatic N) is 1. The monoisotopic (exact) mass is 285 g/mol. The molecule has 1 aromatic rings. The third kappa shape index (κ3) is 2.97. The second kappa shape index (κ2) is 6.33. The zero-order valence-corrected chi connectivity index (χ0v) is 12.6. The van der Waals surface area contributed by atoms with Gasteiger partial charge in [-0.25, -0.2) is 4.79 Å². The molecule has 1 heterocycles. The molecule has 2 aliphatic rings. The number of fused-ring (bicyclic) bond motifs is 1. The van der Waals surface area contributed by atoms with E-state index in [0.29, 0.717) is 0 Å². The molecule has 0 unspecified atom stereocenters. The highest BCUT2D eigenvalue weighted by Crippen LogP contribution is 2.37. The Kier molecular flexibility index (Phi) is 4.28. The van der Waals surface area contributed by atoms with Gasteiger partial charge in [-0.15, -0.1) is 0 Å². The Morgan fingerprint density at radius 2 is 2.14 bits per heavy atom. The van der Waals surface area contributed by atoms with E-state index < -0.39 is 0 Å². The number of carbonyl (C=O) groups is 1. The lowest BCUT2D eigenvalue weighted by molar-refractivity contribution is 0.100. The van der Waals surface area contributed by atoms with Gasteiger partial charge in [-0.3, -0.25) is 4.90 Å².